The van der Waals surface area contributed by atoms with Gasteiger partial charge in [-0.2, -0.15) is 0 Å². The average molecular weight is 407 g/mol. The molecule has 0 bridgehead atoms. The van der Waals surface area contributed by atoms with Gasteiger partial charge in [-0.15, -0.1) is 0 Å². The Morgan fingerprint density at radius 1 is 1.13 bits per heavy atom. The lowest BCUT2D eigenvalue weighted by molar-refractivity contribution is 0.0471. The van der Waals surface area contributed by atoms with Crippen LogP contribution in [0.1, 0.15) is 44.9 Å². The van der Waals surface area contributed by atoms with Crippen LogP contribution in [0.4, 0.5) is 0 Å². The Kier molecular flexibility index (Phi) is 5.59. The van der Waals surface area contributed by atoms with E-state index >= 15 is 0 Å². The Balaban J connectivity index is 1.46. The molecule has 0 spiro atoms. The summed E-state index contributed by atoms with van der Waals surface area (Å²) in [4.78, 5) is 25.2. The summed E-state index contributed by atoms with van der Waals surface area (Å²) in [6.07, 6.45) is 2.26. The van der Waals surface area contributed by atoms with E-state index in [9.17, 15) is 14.7 Å². The van der Waals surface area contributed by atoms with E-state index < -0.39 is 5.97 Å². The molecule has 2 heterocycles. The first-order valence-electron chi connectivity index (χ1n) is 10.1. The van der Waals surface area contributed by atoms with E-state index in [1.54, 1.807) is 6.07 Å². The van der Waals surface area contributed by atoms with Gasteiger partial charge in [-0.05, 0) is 55.7 Å². The summed E-state index contributed by atoms with van der Waals surface area (Å²) in [6.45, 7) is 4.97. The number of ether oxygens (including phenoxy) is 2. The molecule has 30 heavy (non-hydrogen) atoms. The smallest absolute Gasteiger partial charge is 0.342 e. The number of Topliss-reactive ketones (excluding diaryl/α,β-unsaturated/α-hetero) is 1. The summed E-state index contributed by atoms with van der Waals surface area (Å²) in [7, 11) is 0. The van der Waals surface area contributed by atoms with Crippen LogP contribution in [0.15, 0.2) is 42.5 Å². The third-order valence-corrected chi connectivity index (χ3v) is 5.70. The molecule has 1 aliphatic heterocycles. The molecule has 1 atom stereocenters. The number of phenolic OH excluding ortho intramolecular Hbond substituents is 1. The molecular weight excluding hydrogens is 382 g/mol. The van der Waals surface area contributed by atoms with Crippen LogP contribution in [0.5, 0.6) is 5.75 Å². The number of rotatable bonds is 6. The maximum absolute atomic E-state index is 12.7. The van der Waals surface area contributed by atoms with Gasteiger partial charge in [0, 0.05) is 30.1 Å². The van der Waals surface area contributed by atoms with Crippen LogP contribution in [0, 0.1) is 13.8 Å². The van der Waals surface area contributed by atoms with E-state index in [4.69, 9.17) is 9.47 Å². The van der Waals surface area contributed by atoms with Gasteiger partial charge in [0.1, 0.15) is 11.3 Å². The molecule has 0 saturated carbocycles. The Bertz CT molecular complexity index is 1110. The van der Waals surface area contributed by atoms with E-state index in [2.05, 4.69) is 4.57 Å². The first-order valence-corrected chi connectivity index (χ1v) is 10.1. The molecule has 2 aromatic carbocycles. The minimum Gasteiger partial charge on any atom is -0.507 e. The van der Waals surface area contributed by atoms with E-state index in [0.29, 0.717) is 5.56 Å². The van der Waals surface area contributed by atoms with Crippen molar-refractivity contribution < 1.29 is 24.2 Å². The van der Waals surface area contributed by atoms with E-state index in [0.717, 1.165) is 48.2 Å². The predicted molar refractivity (Wildman–Crippen MR) is 113 cm³/mol. The standard InChI is InChI=1S/C24H25NO5/c1-15-10-20(16(2)25(15)13-19-8-5-9-29-19)23(27)14-30-24(28)21-11-17-6-3-4-7-18(17)12-22(21)26/h3-4,6-7,10-12,19,26H,5,8-9,13-14H2,1-2H3/t19-/m1/s1. The average Bonchev–Trinajstić information content (AvgIpc) is 3.35. The molecule has 1 aliphatic rings. The lowest BCUT2D eigenvalue weighted by atomic mass is 10.1. The summed E-state index contributed by atoms with van der Waals surface area (Å²) in [6, 6.07) is 12.3. The highest BCUT2D eigenvalue weighted by Crippen LogP contribution is 2.26. The Labute approximate surface area is 175 Å². The summed E-state index contributed by atoms with van der Waals surface area (Å²) in [5.41, 5.74) is 2.41. The highest BCUT2D eigenvalue weighted by molar-refractivity contribution is 6.02. The molecule has 0 aliphatic carbocycles. The van der Waals surface area contributed by atoms with Crippen molar-refractivity contribution in [2.45, 2.75) is 39.3 Å². The van der Waals surface area contributed by atoms with Gasteiger partial charge in [0.2, 0.25) is 5.78 Å². The third kappa shape index (κ3) is 3.96. The van der Waals surface area contributed by atoms with Crippen molar-refractivity contribution in [3.8, 4) is 5.75 Å². The minimum atomic E-state index is -0.722. The number of phenols is 1. The van der Waals surface area contributed by atoms with Crippen molar-refractivity contribution in [2.24, 2.45) is 0 Å². The van der Waals surface area contributed by atoms with Crippen LogP contribution in [-0.4, -0.2) is 40.7 Å². The van der Waals surface area contributed by atoms with Crippen molar-refractivity contribution in [1.29, 1.82) is 0 Å². The molecule has 6 nitrogen and oxygen atoms in total. The molecule has 1 fully saturated rings. The Hall–Kier alpha value is -3.12. The molecule has 1 aromatic heterocycles. The normalized spacial score (nSPS) is 16.1. The Morgan fingerprint density at radius 3 is 2.57 bits per heavy atom. The lowest BCUT2D eigenvalue weighted by Gasteiger charge is -2.14. The maximum atomic E-state index is 12.7. The molecule has 6 heteroatoms. The fraction of sp³-hybridized carbons (Fsp3) is 0.333. The molecule has 1 saturated heterocycles. The fourth-order valence-corrected chi connectivity index (χ4v) is 4.03. The van der Waals surface area contributed by atoms with Crippen LogP contribution in [-0.2, 0) is 16.0 Å². The number of ketones is 1. The number of hydrogen-bond acceptors (Lipinski definition) is 5. The molecule has 156 valence electrons. The van der Waals surface area contributed by atoms with Crippen LogP contribution in [0.3, 0.4) is 0 Å². The number of aromatic nitrogens is 1. The van der Waals surface area contributed by atoms with Gasteiger partial charge in [0.15, 0.2) is 6.61 Å². The lowest BCUT2D eigenvalue weighted by Crippen LogP contribution is -2.18. The third-order valence-electron chi connectivity index (χ3n) is 5.70. The number of carbonyl (C=O) groups excluding carboxylic acids is 2. The zero-order valence-corrected chi connectivity index (χ0v) is 17.2. The first-order chi connectivity index (χ1) is 14.4. The number of aryl methyl sites for hydroxylation is 1. The number of hydrogen-bond donors (Lipinski definition) is 1. The zero-order chi connectivity index (χ0) is 21.3. The highest BCUT2D eigenvalue weighted by atomic mass is 16.5. The number of esters is 1. The summed E-state index contributed by atoms with van der Waals surface area (Å²) < 4.78 is 13.0. The molecule has 4 rings (SSSR count). The number of aromatic hydroxyl groups is 1. The van der Waals surface area contributed by atoms with Gasteiger partial charge >= 0.3 is 5.97 Å². The molecule has 0 amide bonds. The Morgan fingerprint density at radius 2 is 1.87 bits per heavy atom. The van der Waals surface area contributed by atoms with Gasteiger partial charge in [-0.3, -0.25) is 4.79 Å². The predicted octanol–water partition coefficient (Wildman–Crippen LogP) is 4.18. The van der Waals surface area contributed by atoms with E-state index in [-0.39, 0.29) is 29.8 Å². The van der Waals surface area contributed by atoms with Crippen molar-refractivity contribution >= 4 is 22.5 Å². The second kappa shape index (κ2) is 8.32. The first kappa shape index (κ1) is 20.2. The number of fused-ring (bicyclic) bond motifs is 1. The summed E-state index contributed by atoms with van der Waals surface area (Å²) in [5.74, 6) is -1.16. The fourth-order valence-electron chi connectivity index (χ4n) is 4.03. The summed E-state index contributed by atoms with van der Waals surface area (Å²) in [5, 5.41) is 11.8. The number of benzene rings is 2. The van der Waals surface area contributed by atoms with E-state index in [1.165, 1.54) is 6.07 Å². The van der Waals surface area contributed by atoms with Crippen molar-refractivity contribution in [3.63, 3.8) is 0 Å². The van der Waals surface area contributed by atoms with Gasteiger partial charge in [-0.25, -0.2) is 4.79 Å². The minimum absolute atomic E-state index is 0.0466. The molecule has 0 unspecified atom stereocenters. The molecule has 0 radical (unpaired) electrons. The van der Waals surface area contributed by atoms with E-state index in [1.807, 2.05) is 44.2 Å². The second-order valence-electron chi connectivity index (χ2n) is 7.75. The van der Waals surface area contributed by atoms with Crippen LogP contribution < -0.4 is 0 Å². The van der Waals surface area contributed by atoms with Gasteiger partial charge < -0.3 is 19.1 Å². The van der Waals surface area contributed by atoms with Crippen LogP contribution in [0.25, 0.3) is 10.8 Å². The van der Waals surface area contributed by atoms with Crippen molar-refractivity contribution in [3.05, 3.63) is 65.0 Å². The largest absolute Gasteiger partial charge is 0.507 e. The topological polar surface area (TPSA) is 77.8 Å². The van der Waals surface area contributed by atoms with Gasteiger partial charge in [0.05, 0.1) is 6.10 Å². The van der Waals surface area contributed by atoms with Crippen molar-refractivity contribution in [2.75, 3.05) is 13.2 Å². The van der Waals surface area contributed by atoms with Gasteiger partial charge in [0.25, 0.3) is 0 Å². The monoisotopic (exact) mass is 407 g/mol. The van der Waals surface area contributed by atoms with Gasteiger partial charge in [-0.1, -0.05) is 24.3 Å². The van der Waals surface area contributed by atoms with Crippen LogP contribution >= 0.6 is 0 Å². The van der Waals surface area contributed by atoms with Crippen LogP contribution in [0.2, 0.25) is 0 Å². The zero-order valence-electron chi connectivity index (χ0n) is 17.2. The SMILES string of the molecule is Cc1cc(C(=O)COC(=O)c2cc3ccccc3cc2O)c(C)n1C[C@H]1CCCO1. The molecule has 3 aromatic rings. The molecule has 1 N–H and O–H groups in total. The number of carbonyl (C=O) groups is 2. The maximum Gasteiger partial charge on any atom is 0.342 e. The molecular formula is C24H25NO5. The second-order valence-corrected chi connectivity index (χ2v) is 7.75. The number of nitrogens with zero attached hydrogens (tertiary/aromatic N) is 1. The quantitative estimate of drug-likeness (QED) is 0.490. The highest BCUT2D eigenvalue weighted by Gasteiger charge is 2.22. The summed E-state index contributed by atoms with van der Waals surface area (Å²) >= 11 is 0. The van der Waals surface area contributed by atoms with Crippen molar-refractivity contribution in [1.82, 2.24) is 4.57 Å².